The predicted molar refractivity (Wildman–Crippen MR) is 198 cm³/mol. The molecule has 244 valence electrons. The first-order valence-electron chi connectivity index (χ1n) is 17.8. The normalized spacial score (nSPS) is 11.8. The molecule has 0 aromatic carbocycles. The van der Waals surface area contributed by atoms with E-state index in [0.29, 0.717) is 0 Å². The van der Waals surface area contributed by atoms with Crippen LogP contribution >= 0.6 is 45.5 Å². The highest BCUT2D eigenvalue weighted by molar-refractivity contribution is 7.30. The van der Waals surface area contributed by atoms with E-state index in [0.717, 1.165) is 28.4 Å². The lowest BCUT2D eigenvalue weighted by molar-refractivity contribution is 0.555. The minimum Gasteiger partial charge on any atom is -0.240 e. The first-order chi connectivity index (χ1) is 21.6. The van der Waals surface area contributed by atoms with Crippen LogP contribution in [0, 0.1) is 13.8 Å². The van der Waals surface area contributed by atoms with Crippen molar-refractivity contribution in [2.75, 3.05) is 0 Å². The average molecular weight is 673 g/mol. The number of aryl methyl sites for hydroxylation is 4. The van der Waals surface area contributed by atoms with E-state index < -0.39 is 0 Å². The number of thiazole rings is 2. The van der Waals surface area contributed by atoms with Crippen molar-refractivity contribution in [1.29, 1.82) is 0 Å². The first kappa shape index (κ1) is 35.6. The maximum Gasteiger partial charge on any atom is 0.136 e. The van der Waals surface area contributed by atoms with Gasteiger partial charge in [-0.25, -0.2) is 9.97 Å². The summed E-state index contributed by atoms with van der Waals surface area (Å²) < 4.78 is 5.53. The average Bonchev–Trinajstić information content (AvgIpc) is 3.80. The van der Waals surface area contributed by atoms with Crippen molar-refractivity contribution >= 4 is 55.8 Å². The van der Waals surface area contributed by atoms with E-state index in [2.05, 4.69) is 37.3 Å². The number of thiophene rings is 1. The number of fused-ring (bicyclic) bond motifs is 1. The smallest absolute Gasteiger partial charge is 0.136 e. The molecular formula is C36H56N4S4. The third-order valence-electron chi connectivity index (χ3n) is 8.82. The molecule has 4 heterocycles. The number of rotatable bonds is 24. The molecule has 44 heavy (non-hydrogen) atoms. The van der Waals surface area contributed by atoms with Crippen molar-refractivity contribution < 1.29 is 0 Å². The topological polar surface area (TPSA) is 51.6 Å². The lowest BCUT2D eigenvalue weighted by Gasteiger charge is -2.02. The number of nitrogens with zero attached hydrogens (tertiary/aromatic N) is 4. The second-order valence-corrected chi connectivity index (χ2v) is 16.8. The molecule has 0 fully saturated rings. The van der Waals surface area contributed by atoms with Crippen LogP contribution in [0.5, 0.6) is 0 Å². The Morgan fingerprint density at radius 3 is 1.34 bits per heavy atom. The summed E-state index contributed by atoms with van der Waals surface area (Å²) in [6, 6.07) is 0. The van der Waals surface area contributed by atoms with Crippen LogP contribution in [-0.4, -0.2) is 19.6 Å². The fraction of sp³-hybridized carbons (Fsp3) is 0.722. The van der Waals surface area contributed by atoms with Crippen LogP contribution in [0.3, 0.4) is 0 Å². The quantitative estimate of drug-likeness (QED) is 0.0695. The van der Waals surface area contributed by atoms with Gasteiger partial charge in [0.25, 0.3) is 0 Å². The van der Waals surface area contributed by atoms with Gasteiger partial charge in [-0.15, -0.1) is 39.1 Å². The Bertz CT molecular complexity index is 1250. The molecule has 4 nitrogen and oxygen atoms in total. The zero-order valence-electron chi connectivity index (χ0n) is 28.0. The number of hydrogen-bond acceptors (Lipinski definition) is 8. The molecule has 0 aliphatic carbocycles. The third kappa shape index (κ3) is 10.9. The van der Waals surface area contributed by atoms with Gasteiger partial charge in [-0.05, 0) is 51.1 Å². The van der Waals surface area contributed by atoms with E-state index in [1.54, 1.807) is 0 Å². The van der Waals surface area contributed by atoms with E-state index >= 15 is 0 Å². The first-order valence-corrected chi connectivity index (χ1v) is 21.0. The summed E-state index contributed by atoms with van der Waals surface area (Å²) in [5.41, 5.74) is 3.58. The van der Waals surface area contributed by atoms with Gasteiger partial charge >= 0.3 is 0 Å². The molecule has 0 aliphatic rings. The molecule has 0 radical (unpaired) electrons. The molecule has 0 aliphatic heterocycles. The van der Waals surface area contributed by atoms with Gasteiger partial charge in [-0.3, -0.25) is 0 Å². The van der Waals surface area contributed by atoms with E-state index in [4.69, 9.17) is 9.97 Å². The van der Waals surface area contributed by atoms with Crippen molar-refractivity contribution in [2.45, 2.75) is 169 Å². The lowest BCUT2D eigenvalue weighted by atomic mass is 10.1. The Morgan fingerprint density at radius 2 is 0.886 bits per heavy atom. The Labute approximate surface area is 283 Å². The second-order valence-electron chi connectivity index (χ2n) is 12.6. The molecule has 0 atom stereocenters. The highest BCUT2D eigenvalue weighted by Crippen LogP contribution is 2.47. The lowest BCUT2D eigenvalue weighted by Crippen LogP contribution is -1.89. The number of unbranched alkanes of at least 4 members (excludes halogenated alkanes) is 18. The van der Waals surface area contributed by atoms with Crippen LogP contribution in [0.15, 0.2) is 0 Å². The van der Waals surface area contributed by atoms with Gasteiger partial charge < -0.3 is 0 Å². The Kier molecular flexibility index (Phi) is 16.3. The Hall–Kier alpha value is -1.22. The van der Waals surface area contributed by atoms with Crippen molar-refractivity contribution in [3.8, 4) is 19.8 Å². The fourth-order valence-electron chi connectivity index (χ4n) is 6.04. The fourth-order valence-corrected chi connectivity index (χ4v) is 10.2. The van der Waals surface area contributed by atoms with E-state index in [-0.39, 0.29) is 0 Å². The van der Waals surface area contributed by atoms with Gasteiger partial charge in [0.2, 0.25) is 0 Å². The summed E-state index contributed by atoms with van der Waals surface area (Å²) in [6.45, 7) is 9.06. The standard InChI is InChI=1S/C36H56N4S4/c1-5-7-9-11-13-15-17-19-21-23-25-29-27(3)41-35(37-29)33-31-32(44-40-39-31)34(43-33)36-38-30(28(4)42-36)26-24-22-20-18-16-14-12-10-8-6-2/h5-26H2,1-4H3. The molecule has 0 saturated carbocycles. The van der Waals surface area contributed by atoms with Crippen molar-refractivity contribution in [2.24, 2.45) is 0 Å². The van der Waals surface area contributed by atoms with Crippen LogP contribution in [0.4, 0.5) is 0 Å². The molecule has 4 rings (SSSR count). The van der Waals surface area contributed by atoms with E-state index in [1.807, 2.05) is 34.0 Å². The van der Waals surface area contributed by atoms with E-state index in [1.165, 1.54) is 176 Å². The van der Waals surface area contributed by atoms with Crippen LogP contribution in [0.1, 0.15) is 163 Å². The summed E-state index contributed by atoms with van der Waals surface area (Å²) in [7, 11) is 0. The molecule has 4 aromatic rings. The molecule has 0 unspecified atom stereocenters. The maximum absolute atomic E-state index is 5.17. The SMILES string of the molecule is CCCCCCCCCCCCc1nc(-c2sc(-c3nc(CCCCCCCCCCCC)c(C)s3)c3snnc23)sc1C. The monoisotopic (exact) mass is 672 g/mol. The summed E-state index contributed by atoms with van der Waals surface area (Å²) in [6.07, 6.45) is 29.6. The third-order valence-corrected chi connectivity index (χ3v) is 13.2. The zero-order valence-corrected chi connectivity index (χ0v) is 31.2. The Morgan fingerprint density at radius 1 is 0.477 bits per heavy atom. The second kappa shape index (κ2) is 20.1. The van der Waals surface area contributed by atoms with Gasteiger partial charge in [0, 0.05) is 9.75 Å². The van der Waals surface area contributed by atoms with E-state index in [9.17, 15) is 0 Å². The summed E-state index contributed by atoms with van der Waals surface area (Å²) in [5, 5.41) is 6.81. The number of aromatic nitrogens is 4. The van der Waals surface area contributed by atoms with Gasteiger partial charge in [-0.1, -0.05) is 134 Å². The molecule has 0 spiro atoms. The van der Waals surface area contributed by atoms with Gasteiger partial charge in [0.15, 0.2) is 0 Å². The highest BCUT2D eigenvalue weighted by Gasteiger charge is 2.23. The predicted octanol–water partition coefficient (Wildman–Crippen LogP) is 13.5. The molecule has 0 amide bonds. The minimum atomic E-state index is 1.01. The van der Waals surface area contributed by atoms with Crippen LogP contribution in [-0.2, 0) is 12.8 Å². The summed E-state index contributed by atoms with van der Waals surface area (Å²) in [5.74, 6) is 0. The van der Waals surface area contributed by atoms with Crippen molar-refractivity contribution in [3.05, 3.63) is 21.1 Å². The summed E-state index contributed by atoms with van der Waals surface area (Å²) in [4.78, 5) is 15.4. The molecule has 8 heteroatoms. The van der Waals surface area contributed by atoms with Gasteiger partial charge in [0.05, 0.1) is 25.8 Å². The van der Waals surface area contributed by atoms with Crippen molar-refractivity contribution in [1.82, 2.24) is 19.6 Å². The number of hydrogen-bond donors (Lipinski definition) is 0. The molecule has 0 saturated heterocycles. The maximum atomic E-state index is 5.17. The highest BCUT2D eigenvalue weighted by atomic mass is 32.1. The molecule has 0 N–H and O–H groups in total. The van der Waals surface area contributed by atoms with Crippen LogP contribution in [0.2, 0.25) is 0 Å². The van der Waals surface area contributed by atoms with Crippen molar-refractivity contribution in [3.63, 3.8) is 0 Å². The zero-order chi connectivity index (χ0) is 31.0. The van der Waals surface area contributed by atoms with Gasteiger partial charge in [0.1, 0.15) is 15.5 Å². The van der Waals surface area contributed by atoms with Crippen LogP contribution < -0.4 is 0 Å². The largest absolute Gasteiger partial charge is 0.240 e. The molecule has 4 aromatic heterocycles. The minimum absolute atomic E-state index is 1.01. The molecular weight excluding hydrogens is 617 g/mol. The summed E-state index contributed by atoms with van der Waals surface area (Å²) >= 11 is 7.00. The van der Waals surface area contributed by atoms with Crippen LogP contribution in [0.25, 0.3) is 30.0 Å². The van der Waals surface area contributed by atoms with Gasteiger partial charge in [-0.2, -0.15) is 0 Å². The Balaban J connectivity index is 1.27. The molecule has 0 bridgehead atoms.